The first kappa shape index (κ1) is 32.5. The number of ether oxygens (including phenoxy) is 2. The first-order valence-electron chi connectivity index (χ1n) is 16.3. The average Bonchev–Trinajstić information content (AvgIpc) is 3.03. The van der Waals surface area contributed by atoms with Crippen molar-refractivity contribution in [3.05, 3.63) is 58.5 Å². The molecule has 2 fully saturated rings. The summed E-state index contributed by atoms with van der Waals surface area (Å²) in [5.41, 5.74) is 5.06. The third-order valence-corrected chi connectivity index (χ3v) is 9.51. The summed E-state index contributed by atoms with van der Waals surface area (Å²) in [5, 5.41) is 10.6. The number of carboxylic acids is 1. The van der Waals surface area contributed by atoms with Crippen molar-refractivity contribution >= 4 is 35.0 Å². The predicted octanol–water partition coefficient (Wildman–Crippen LogP) is 6.16. The number of benzene rings is 1. The van der Waals surface area contributed by atoms with E-state index >= 15 is 0 Å². The number of carbonyl (C=O) groups is 1. The quantitative estimate of drug-likeness (QED) is 0.300. The van der Waals surface area contributed by atoms with E-state index in [0.717, 1.165) is 80.6 Å². The Labute approximate surface area is 276 Å². The highest BCUT2D eigenvalue weighted by Crippen LogP contribution is 2.45. The largest absolute Gasteiger partial charge is 0.479 e. The Balaban J connectivity index is 1.34. The highest BCUT2D eigenvalue weighted by atomic mass is 35.5. The maximum atomic E-state index is 12.7. The minimum atomic E-state index is -1.26. The first-order valence-corrected chi connectivity index (χ1v) is 16.6. The van der Waals surface area contributed by atoms with Gasteiger partial charge in [-0.1, -0.05) is 43.6 Å². The first-order chi connectivity index (χ1) is 21.9. The van der Waals surface area contributed by atoms with Gasteiger partial charge in [0.15, 0.2) is 6.10 Å². The van der Waals surface area contributed by atoms with Gasteiger partial charge in [0, 0.05) is 57.2 Å². The molecule has 0 radical (unpaired) electrons. The normalized spacial score (nSPS) is 19.1. The molecular formula is C35H45ClN6O4. The Bertz CT molecular complexity index is 1580. The third-order valence-electron chi connectivity index (χ3n) is 9.21. The van der Waals surface area contributed by atoms with Crippen LogP contribution in [0.25, 0.3) is 11.1 Å². The molecule has 0 amide bonds. The van der Waals surface area contributed by atoms with Crippen LogP contribution in [0.1, 0.15) is 70.3 Å². The lowest BCUT2D eigenvalue weighted by molar-refractivity contribution is -0.160. The van der Waals surface area contributed by atoms with Gasteiger partial charge in [-0.05, 0) is 68.2 Å². The van der Waals surface area contributed by atoms with Gasteiger partial charge in [-0.15, -0.1) is 0 Å². The molecule has 11 heteroatoms. The zero-order chi connectivity index (χ0) is 32.6. The van der Waals surface area contributed by atoms with E-state index < -0.39 is 17.7 Å². The number of anilines is 3. The fourth-order valence-corrected chi connectivity index (χ4v) is 6.79. The summed E-state index contributed by atoms with van der Waals surface area (Å²) < 4.78 is 11.7. The highest BCUT2D eigenvalue weighted by molar-refractivity contribution is 6.31. The van der Waals surface area contributed by atoms with Gasteiger partial charge < -0.3 is 29.3 Å². The lowest BCUT2D eigenvalue weighted by atomic mass is 9.82. The van der Waals surface area contributed by atoms with Crippen LogP contribution >= 0.6 is 11.6 Å². The van der Waals surface area contributed by atoms with E-state index in [1.54, 1.807) is 6.20 Å². The molecule has 1 N–H and O–H groups in total. The van der Waals surface area contributed by atoms with E-state index in [1.165, 1.54) is 11.1 Å². The van der Waals surface area contributed by atoms with Gasteiger partial charge in [-0.3, -0.25) is 0 Å². The summed E-state index contributed by atoms with van der Waals surface area (Å²) in [4.78, 5) is 33.5. The van der Waals surface area contributed by atoms with Gasteiger partial charge >= 0.3 is 5.97 Å². The second-order valence-corrected chi connectivity index (χ2v) is 14.7. The lowest BCUT2D eigenvalue weighted by Crippen LogP contribution is -2.39. The molecule has 46 heavy (non-hydrogen) atoms. The summed E-state index contributed by atoms with van der Waals surface area (Å²) in [7, 11) is 0. The van der Waals surface area contributed by atoms with Crippen LogP contribution in [-0.2, 0) is 27.2 Å². The summed E-state index contributed by atoms with van der Waals surface area (Å²) in [6.07, 6.45) is 5.17. The van der Waals surface area contributed by atoms with Gasteiger partial charge in [0.05, 0.1) is 30.1 Å². The molecule has 10 nitrogen and oxygen atoms in total. The van der Waals surface area contributed by atoms with E-state index in [1.807, 2.05) is 33.0 Å². The molecule has 0 unspecified atom stereocenters. The summed E-state index contributed by atoms with van der Waals surface area (Å²) in [5.74, 6) is 0.586. The topological polar surface area (TPSA) is 104 Å². The van der Waals surface area contributed by atoms with Crippen LogP contribution in [0.2, 0.25) is 5.15 Å². The van der Waals surface area contributed by atoms with Crippen LogP contribution in [-0.4, -0.2) is 77.6 Å². The highest BCUT2D eigenvalue weighted by Gasteiger charge is 2.36. The van der Waals surface area contributed by atoms with Gasteiger partial charge in [0.1, 0.15) is 11.0 Å². The molecule has 3 aliphatic rings. The maximum Gasteiger partial charge on any atom is 0.337 e. The van der Waals surface area contributed by atoms with E-state index in [0.29, 0.717) is 25.3 Å². The Morgan fingerprint density at radius 1 is 1.00 bits per heavy atom. The SMILES string of the molecule is CC1(C)CCN(c2c(-c3ccc4c(c3)CCN(c3nccc(N5CCOCC5)n3)C4)cnc(Cl)c2[C@H](OC(C)(C)C)C(=O)O)CC1. The van der Waals surface area contributed by atoms with Crippen LogP contribution in [0, 0.1) is 5.41 Å². The minimum absolute atomic E-state index is 0.160. The number of hydrogen-bond donors (Lipinski definition) is 1. The van der Waals surface area contributed by atoms with Gasteiger partial charge in [-0.25, -0.2) is 14.8 Å². The number of halogens is 1. The van der Waals surface area contributed by atoms with Gasteiger partial charge in [0.2, 0.25) is 5.95 Å². The van der Waals surface area contributed by atoms with Crippen molar-refractivity contribution in [2.24, 2.45) is 5.41 Å². The van der Waals surface area contributed by atoms with Crippen molar-refractivity contribution in [3.63, 3.8) is 0 Å². The monoisotopic (exact) mass is 648 g/mol. The van der Waals surface area contributed by atoms with Gasteiger partial charge in [-0.2, -0.15) is 4.98 Å². The number of aliphatic carboxylic acids is 1. The van der Waals surface area contributed by atoms with Crippen LogP contribution in [0.15, 0.2) is 36.7 Å². The maximum absolute atomic E-state index is 12.7. The van der Waals surface area contributed by atoms with E-state index in [9.17, 15) is 9.90 Å². The smallest absolute Gasteiger partial charge is 0.337 e. The predicted molar refractivity (Wildman–Crippen MR) is 181 cm³/mol. The molecule has 5 heterocycles. The number of nitrogens with zero attached hydrogens (tertiary/aromatic N) is 6. The Kier molecular flexibility index (Phi) is 9.15. The minimum Gasteiger partial charge on any atom is -0.479 e. The molecule has 246 valence electrons. The number of hydrogen-bond acceptors (Lipinski definition) is 9. The zero-order valence-electron chi connectivity index (χ0n) is 27.6. The molecule has 1 aromatic carbocycles. The molecule has 6 rings (SSSR count). The Morgan fingerprint density at radius 3 is 2.43 bits per heavy atom. The zero-order valence-corrected chi connectivity index (χ0v) is 28.3. The average molecular weight is 649 g/mol. The number of piperidine rings is 1. The third kappa shape index (κ3) is 7.09. The molecule has 3 aromatic rings. The molecule has 2 aromatic heterocycles. The van der Waals surface area contributed by atoms with Crippen molar-refractivity contribution in [1.82, 2.24) is 15.0 Å². The van der Waals surface area contributed by atoms with Crippen molar-refractivity contribution in [2.75, 3.05) is 60.6 Å². The molecule has 0 aliphatic carbocycles. The fourth-order valence-electron chi connectivity index (χ4n) is 6.55. The number of carboxylic acid groups (broad SMARTS) is 1. The molecule has 0 saturated carbocycles. The van der Waals surface area contributed by atoms with Crippen LogP contribution in [0.5, 0.6) is 0 Å². The molecule has 0 bridgehead atoms. The van der Waals surface area contributed by atoms with Crippen molar-refractivity contribution in [3.8, 4) is 11.1 Å². The fraction of sp³-hybridized carbons (Fsp3) is 0.543. The van der Waals surface area contributed by atoms with E-state index in [-0.39, 0.29) is 10.6 Å². The lowest BCUT2D eigenvalue weighted by Gasteiger charge is -2.40. The second kappa shape index (κ2) is 13.0. The van der Waals surface area contributed by atoms with Crippen molar-refractivity contribution < 1.29 is 19.4 Å². The number of pyridine rings is 1. The Morgan fingerprint density at radius 2 is 1.74 bits per heavy atom. The molecule has 2 saturated heterocycles. The standard InChI is InChI=1S/C35H45ClN6O4/c1-34(2,3)46-30(32(43)44)28-29(41-14-10-35(4,5)11-15-41)26(21-38-31(28)36)24-6-7-25-22-42(13-9-23(25)20-24)33-37-12-8-27(39-33)40-16-18-45-19-17-40/h6-8,12,20-21,30H,9-11,13-19,22H2,1-5H3,(H,43,44)/t30-/m0/s1. The van der Waals surface area contributed by atoms with Gasteiger partial charge in [0.25, 0.3) is 0 Å². The number of morpholine rings is 1. The van der Waals surface area contributed by atoms with E-state index in [4.69, 9.17) is 26.1 Å². The number of aromatic nitrogens is 3. The van der Waals surface area contributed by atoms with E-state index in [2.05, 4.69) is 56.7 Å². The second-order valence-electron chi connectivity index (χ2n) is 14.3. The van der Waals surface area contributed by atoms with Crippen LogP contribution < -0.4 is 14.7 Å². The van der Waals surface area contributed by atoms with Crippen molar-refractivity contribution in [2.45, 2.75) is 72.1 Å². The van der Waals surface area contributed by atoms with Crippen LogP contribution in [0.4, 0.5) is 17.5 Å². The molecule has 1 atom stereocenters. The molecular weight excluding hydrogens is 604 g/mol. The summed E-state index contributed by atoms with van der Waals surface area (Å²) in [6, 6.07) is 8.47. The van der Waals surface area contributed by atoms with Crippen molar-refractivity contribution in [1.29, 1.82) is 0 Å². The Hall–Kier alpha value is -3.47. The summed E-state index contributed by atoms with van der Waals surface area (Å²) in [6.45, 7) is 16.3. The molecule has 3 aliphatic heterocycles. The number of fused-ring (bicyclic) bond motifs is 1. The molecule has 0 spiro atoms. The number of rotatable bonds is 7. The van der Waals surface area contributed by atoms with Crippen LogP contribution in [0.3, 0.4) is 0 Å². The summed E-state index contributed by atoms with van der Waals surface area (Å²) >= 11 is 6.77.